The van der Waals surface area contributed by atoms with E-state index in [1.54, 1.807) is 48.9 Å². The second-order valence-corrected chi connectivity index (χ2v) is 24.7. The van der Waals surface area contributed by atoms with E-state index >= 15 is 0 Å². The summed E-state index contributed by atoms with van der Waals surface area (Å²) in [6, 6.07) is 5.05. The van der Waals surface area contributed by atoms with Gasteiger partial charge < -0.3 is 47.0 Å². The summed E-state index contributed by atoms with van der Waals surface area (Å²) in [6.07, 6.45) is -2.09. The number of phenolic OH excluding ortho intramolecular Hbond substituents is 1. The number of fused-ring (bicyclic) bond motifs is 16. The number of aryl methyl sites for hydroxylation is 2. The first-order valence-corrected chi connectivity index (χ1v) is 30.2. The molecule has 0 spiro atoms. The lowest BCUT2D eigenvalue weighted by atomic mass is 10.0. The lowest BCUT2D eigenvalue weighted by Crippen LogP contribution is -2.50. The van der Waals surface area contributed by atoms with E-state index < -0.39 is 84.1 Å². The highest BCUT2D eigenvalue weighted by atomic mass is 32.1. The van der Waals surface area contributed by atoms with Crippen molar-refractivity contribution in [1.29, 1.82) is 0 Å². The van der Waals surface area contributed by atoms with Crippen LogP contribution in [0.15, 0.2) is 63.3 Å². The van der Waals surface area contributed by atoms with Crippen LogP contribution < -0.4 is 21.7 Å². The topological polar surface area (TPSA) is 373 Å². The Morgan fingerprint density at radius 3 is 2.15 bits per heavy atom. The molecule has 1 saturated heterocycles. The predicted molar refractivity (Wildman–Crippen MR) is 303 cm³/mol. The summed E-state index contributed by atoms with van der Waals surface area (Å²) in [5, 5.41) is 58.4. The average Bonchev–Trinajstić information content (AvgIpc) is 4.38. The molecule has 0 saturated carbocycles. The van der Waals surface area contributed by atoms with Gasteiger partial charge in [-0.2, -0.15) is 0 Å². The van der Waals surface area contributed by atoms with Crippen molar-refractivity contribution in [2.45, 2.75) is 82.6 Å². The largest absolute Gasteiger partial charge is 0.508 e. The van der Waals surface area contributed by atoms with E-state index in [9.17, 15) is 53.7 Å². The van der Waals surface area contributed by atoms with Crippen molar-refractivity contribution in [3.63, 3.8) is 0 Å². The Bertz CT molecular complexity index is 3810. The third-order valence-electron chi connectivity index (χ3n) is 13.3. The molecular weight excluding hydrogens is 1180 g/mol. The monoisotopic (exact) mass is 1220 g/mol. The highest BCUT2D eigenvalue weighted by Crippen LogP contribution is 2.42. The molecule has 2 aliphatic heterocycles. The van der Waals surface area contributed by atoms with Gasteiger partial charge in [0.05, 0.1) is 35.3 Å². The number of thiazole rings is 6. The summed E-state index contributed by atoms with van der Waals surface area (Å²) < 4.78 is 0. The molecule has 0 aliphatic carbocycles. The maximum absolute atomic E-state index is 14.9. The molecule has 82 heavy (non-hydrogen) atoms. The van der Waals surface area contributed by atoms with Crippen LogP contribution in [0.4, 0.5) is 0 Å². The fourth-order valence-electron chi connectivity index (χ4n) is 9.11. The highest BCUT2D eigenvalue weighted by Gasteiger charge is 2.45. The van der Waals surface area contributed by atoms with Gasteiger partial charge in [-0.25, -0.2) is 39.7 Å². The number of nitrogens with two attached hydrogens (primary N) is 1. The molecule has 9 N–H and O–H groups in total. The number of aliphatic hydroxyl groups excluding tert-OH is 1. The zero-order valence-corrected chi connectivity index (χ0v) is 47.8. The van der Waals surface area contributed by atoms with E-state index in [1.165, 1.54) is 55.8 Å². The van der Waals surface area contributed by atoms with Gasteiger partial charge in [0.1, 0.15) is 82.7 Å². The first kappa shape index (κ1) is 57.1. The van der Waals surface area contributed by atoms with Crippen LogP contribution in [0.2, 0.25) is 0 Å². The third kappa shape index (κ3) is 12.5. The lowest BCUT2D eigenvalue weighted by Gasteiger charge is -2.29. The van der Waals surface area contributed by atoms with Gasteiger partial charge in [-0.1, -0.05) is 19.1 Å². The number of nitrogens with one attached hydrogen (secondary N) is 3. The first-order valence-electron chi connectivity index (χ1n) is 25.0. The SMILES string of the molecule is Cc1sc2nc1C(=O)CCc1nc(cs1)C(=O)N[C@@H](Cc1ccc(O)cc1)C(=O)N1C[C@H](O)[C@H](C)[C@H]1c1nc(cs1)-c1nc(cs1)-c1nc(-c3nc(C(=O)N[C@@H](CCC(=O)O)C(=O)O)cs3)ccc1-c1nc(cs1)C(=O)N[C@H]2CC(N)=O. The van der Waals surface area contributed by atoms with Crippen LogP contribution in [-0.4, -0.2) is 132 Å². The number of primary amides is 1. The number of amides is 5. The predicted octanol–water partition coefficient (Wildman–Crippen LogP) is 5.95. The summed E-state index contributed by atoms with van der Waals surface area (Å²) in [5.41, 5.74) is 7.98. The van der Waals surface area contributed by atoms with Crippen molar-refractivity contribution in [2.75, 3.05) is 6.54 Å². The van der Waals surface area contributed by atoms with E-state index in [0.717, 1.165) is 45.3 Å². The number of carboxylic acids is 2. The minimum atomic E-state index is -1.49. The van der Waals surface area contributed by atoms with Crippen LogP contribution in [0.25, 0.3) is 43.4 Å². The van der Waals surface area contributed by atoms with Crippen LogP contribution in [-0.2, 0) is 32.0 Å². The maximum Gasteiger partial charge on any atom is 0.326 e. The summed E-state index contributed by atoms with van der Waals surface area (Å²) >= 11 is 6.89. The number of benzene rings is 1. The van der Waals surface area contributed by atoms with Crippen molar-refractivity contribution in [1.82, 2.24) is 55.7 Å². The average molecular weight is 1220 g/mol. The molecule has 24 nitrogen and oxygen atoms in total. The van der Waals surface area contributed by atoms with E-state index in [4.69, 9.17) is 30.8 Å². The number of carbonyl (C=O) groups is 8. The van der Waals surface area contributed by atoms with Gasteiger partial charge in [-0.05, 0) is 43.2 Å². The Labute approximate surface area is 488 Å². The fourth-order valence-corrected chi connectivity index (χ4v) is 14.3. The van der Waals surface area contributed by atoms with E-state index in [-0.39, 0.29) is 94.4 Å². The zero-order valence-electron chi connectivity index (χ0n) is 42.9. The van der Waals surface area contributed by atoms with Gasteiger partial charge in [0.15, 0.2) is 5.78 Å². The number of rotatable bonds is 11. The number of aliphatic hydroxyl groups is 1. The maximum atomic E-state index is 14.9. The number of phenols is 1. The number of aromatic nitrogens is 7. The Hall–Kier alpha value is -8.13. The molecule has 2 aliphatic rings. The number of pyridine rings is 1. The zero-order chi connectivity index (χ0) is 58.1. The number of hydrogen-bond donors (Lipinski definition) is 8. The Morgan fingerprint density at radius 1 is 0.732 bits per heavy atom. The van der Waals surface area contributed by atoms with Gasteiger partial charge in [-0.3, -0.25) is 33.6 Å². The molecule has 9 heterocycles. The molecule has 6 atom stereocenters. The molecule has 422 valence electrons. The Kier molecular flexibility index (Phi) is 16.8. The number of nitrogens with zero attached hydrogens (tertiary/aromatic N) is 8. The van der Waals surface area contributed by atoms with E-state index in [2.05, 4.69) is 30.9 Å². The molecule has 1 aromatic carbocycles. The summed E-state index contributed by atoms with van der Waals surface area (Å²) in [7, 11) is 0. The second kappa shape index (κ2) is 24.1. The van der Waals surface area contributed by atoms with Gasteiger partial charge in [0, 0.05) is 75.5 Å². The molecule has 30 heteroatoms. The standard InChI is InChI=1S/C52H46N12O12S6/c1-21-36(67)15-64-42(21)50-62-34(20-81-50)48-59-30(16-79-48)41-25(7-8-26(55-41)47-61-33(19-80-47)44(72)56-27(52(75)76)9-12-39(69)70)46-60-32(18-78-46)45(73)57-28(14-37(53)68)49-63-40(22(2)82-49)35(66)10-11-38-54-31(17-77-38)43(71)58-29(51(64)74)13-23-3-5-24(65)6-4-23/h3-8,16-21,27-29,36,42,65,67H,9-15H2,1-2H3,(H2,53,68)(H,56,72)(H,57,73)(H,58,71)(H,69,70)(H,75,76)/t21-,27-,28-,29-,36-,42-/m0/s1. The number of aliphatic carboxylic acids is 2. The summed E-state index contributed by atoms with van der Waals surface area (Å²) in [6.45, 7) is 3.42. The molecule has 0 unspecified atom stereocenters. The smallest absolute Gasteiger partial charge is 0.326 e. The minimum absolute atomic E-state index is 0.00746. The number of Topliss-reactive ketones (excluding diaryl/α,β-unsaturated/α-hetero) is 1. The number of ketones is 1. The molecule has 1 fully saturated rings. The van der Waals surface area contributed by atoms with Crippen LogP contribution in [0.3, 0.4) is 0 Å². The quantitative estimate of drug-likeness (QED) is 0.0741. The lowest BCUT2D eigenvalue weighted by molar-refractivity contribution is -0.140. The van der Waals surface area contributed by atoms with Crippen LogP contribution in [0, 0.1) is 12.8 Å². The number of carbonyl (C=O) groups excluding carboxylic acids is 6. The van der Waals surface area contributed by atoms with Crippen LogP contribution >= 0.6 is 68.0 Å². The Balaban J connectivity index is 1.04. The summed E-state index contributed by atoms with van der Waals surface area (Å²) in [4.78, 5) is 141. The van der Waals surface area contributed by atoms with Crippen molar-refractivity contribution in [2.24, 2.45) is 11.7 Å². The highest BCUT2D eigenvalue weighted by molar-refractivity contribution is 7.15. The van der Waals surface area contributed by atoms with Gasteiger partial charge in [0.25, 0.3) is 17.7 Å². The molecule has 10 bridgehead atoms. The molecule has 7 aromatic heterocycles. The van der Waals surface area contributed by atoms with Crippen molar-refractivity contribution >= 4 is 115 Å². The third-order valence-corrected chi connectivity index (χ3v) is 18.8. The Morgan fingerprint density at radius 2 is 1.40 bits per heavy atom. The molecular formula is C52H46N12O12S6. The molecule has 0 radical (unpaired) electrons. The molecule has 5 amide bonds. The van der Waals surface area contributed by atoms with Crippen molar-refractivity contribution < 1.29 is 58.8 Å². The van der Waals surface area contributed by atoms with Crippen LogP contribution in [0.5, 0.6) is 5.75 Å². The van der Waals surface area contributed by atoms with Crippen LogP contribution in [0.1, 0.15) is 112 Å². The van der Waals surface area contributed by atoms with E-state index in [0.29, 0.717) is 47.4 Å². The normalized spacial score (nSPS) is 19.0. The second-order valence-electron chi connectivity index (χ2n) is 19.0. The van der Waals surface area contributed by atoms with Crippen molar-refractivity contribution in [3.05, 3.63) is 112 Å². The van der Waals surface area contributed by atoms with Gasteiger partial charge in [0.2, 0.25) is 11.8 Å². The molecule has 10 rings (SSSR count). The summed E-state index contributed by atoms with van der Waals surface area (Å²) in [5.74, 6) is -6.94. The van der Waals surface area contributed by atoms with E-state index in [1.807, 2.05) is 0 Å². The fraction of sp³-hybridized carbons (Fsp3) is 0.288. The first-order chi connectivity index (χ1) is 39.3. The van der Waals surface area contributed by atoms with Gasteiger partial charge >= 0.3 is 11.9 Å². The molecule has 8 aromatic rings. The minimum Gasteiger partial charge on any atom is -0.508 e. The van der Waals surface area contributed by atoms with Gasteiger partial charge in [-0.15, -0.1) is 68.0 Å². The van der Waals surface area contributed by atoms with Crippen molar-refractivity contribution in [3.8, 4) is 49.1 Å². The number of hydrogen-bond acceptors (Lipinski definition) is 23. The number of aromatic hydroxyl groups is 1. The number of carboxylic acid groups (broad SMARTS) is 2.